The first kappa shape index (κ1) is 18.9. The number of nitrogens with zero attached hydrogens (tertiary/aromatic N) is 1. The molecule has 0 radical (unpaired) electrons. The molecule has 1 unspecified atom stereocenters. The van der Waals surface area contributed by atoms with Gasteiger partial charge in [0.25, 0.3) is 0 Å². The van der Waals surface area contributed by atoms with Crippen molar-refractivity contribution in [3.05, 3.63) is 47.9 Å². The first-order chi connectivity index (χ1) is 12.5. The van der Waals surface area contributed by atoms with Crippen LogP contribution < -0.4 is 9.46 Å². The molecule has 1 fully saturated rings. The summed E-state index contributed by atoms with van der Waals surface area (Å²) in [5.74, 6) is 1.39. The van der Waals surface area contributed by atoms with Gasteiger partial charge in [0.1, 0.15) is 11.5 Å². The van der Waals surface area contributed by atoms with E-state index in [1.165, 1.54) is 0 Å². The summed E-state index contributed by atoms with van der Waals surface area (Å²) in [6.45, 7) is 4.75. The fourth-order valence-electron chi connectivity index (χ4n) is 3.07. The molecule has 8 heteroatoms. The van der Waals surface area contributed by atoms with Crippen molar-refractivity contribution in [1.82, 2.24) is 9.62 Å². The maximum Gasteiger partial charge on any atom is 0.240 e. The summed E-state index contributed by atoms with van der Waals surface area (Å²) >= 11 is 0. The number of furan rings is 1. The normalized spacial score (nSPS) is 17.2. The number of hydrogen-bond donors (Lipinski definition) is 1. The Morgan fingerprint density at radius 1 is 1.27 bits per heavy atom. The van der Waals surface area contributed by atoms with Crippen molar-refractivity contribution < 1.29 is 22.3 Å². The average Bonchev–Trinajstić information content (AvgIpc) is 3.17. The van der Waals surface area contributed by atoms with Crippen LogP contribution in [0.15, 0.2) is 45.9 Å². The number of rotatable bonds is 7. The highest BCUT2D eigenvalue weighted by Gasteiger charge is 2.27. The smallest absolute Gasteiger partial charge is 0.240 e. The number of aryl methyl sites for hydroxylation is 1. The fourth-order valence-corrected chi connectivity index (χ4v) is 4.19. The molecule has 3 rings (SSSR count). The Balaban J connectivity index is 1.76. The predicted octanol–water partition coefficient (Wildman–Crippen LogP) is 1.95. The Morgan fingerprint density at radius 2 is 2.04 bits per heavy atom. The Bertz CT molecular complexity index is 814. The van der Waals surface area contributed by atoms with Crippen molar-refractivity contribution in [1.29, 1.82) is 0 Å². The molecular formula is C18H24N2O5S. The minimum Gasteiger partial charge on any atom is -0.496 e. The van der Waals surface area contributed by atoms with Crippen LogP contribution in [-0.2, 0) is 14.8 Å². The van der Waals surface area contributed by atoms with Gasteiger partial charge in [-0.05, 0) is 42.8 Å². The second kappa shape index (κ2) is 8.22. The maximum absolute atomic E-state index is 12.7. The van der Waals surface area contributed by atoms with E-state index < -0.39 is 10.0 Å². The molecule has 1 saturated heterocycles. The molecule has 0 amide bonds. The molecule has 0 spiro atoms. The lowest BCUT2D eigenvalue weighted by Gasteiger charge is -2.33. The SMILES string of the molecule is COc1ccc(S(=O)(=O)NCC(c2ccco2)N2CCOCC2)cc1C. The largest absolute Gasteiger partial charge is 0.496 e. The lowest BCUT2D eigenvalue weighted by molar-refractivity contribution is 0.0128. The predicted molar refractivity (Wildman–Crippen MR) is 96.8 cm³/mol. The number of hydrogen-bond acceptors (Lipinski definition) is 6. The molecular weight excluding hydrogens is 356 g/mol. The van der Waals surface area contributed by atoms with Gasteiger partial charge in [-0.25, -0.2) is 13.1 Å². The maximum atomic E-state index is 12.7. The van der Waals surface area contributed by atoms with Gasteiger partial charge in [0, 0.05) is 19.6 Å². The second-order valence-electron chi connectivity index (χ2n) is 6.16. The van der Waals surface area contributed by atoms with Crippen LogP contribution in [0, 0.1) is 6.92 Å². The first-order valence-corrected chi connectivity index (χ1v) is 9.99. The fraction of sp³-hybridized carbons (Fsp3) is 0.444. The van der Waals surface area contributed by atoms with Gasteiger partial charge in [-0.3, -0.25) is 4.90 Å². The van der Waals surface area contributed by atoms with E-state index in [0.717, 1.165) is 24.4 Å². The lowest BCUT2D eigenvalue weighted by Crippen LogP contribution is -2.43. The van der Waals surface area contributed by atoms with Crippen molar-refractivity contribution in [2.24, 2.45) is 0 Å². The van der Waals surface area contributed by atoms with Gasteiger partial charge in [-0.15, -0.1) is 0 Å². The minimum absolute atomic E-state index is 0.178. The second-order valence-corrected chi connectivity index (χ2v) is 7.93. The van der Waals surface area contributed by atoms with Crippen LogP contribution >= 0.6 is 0 Å². The average molecular weight is 380 g/mol. The highest BCUT2D eigenvalue weighted by molar-refractivity contribution is 7.89. The lowest BCUT2D eigenvalue weighted by atomic mass is 10.2. The summed E-state index contributed by atoms with van der Waals surface area (Å²) in [4.78, 5) is 2.39. The molecule has 2 heterocycles. The molecule has 2 aromatic rings. The molecule has 0 aliphatic carbocycles. The zero-order valence-electron chi connectivity index (χ0n) is 15.0. The van der Waals surface area contributed by atoms with Crippen LogP contribution in [0.25, 0.3) is 0 Å². The van der Waals surface area contributed by atoms with E-state index in [1.807, 2.05) is 19.1 Å². The summed E-state index contributed by atoms with van der Waals surface area (Å²) in [5.41, 5.74) is 0.770. The Hall–Kier alpha value is -1.87. The van der Waals surface area contributed by atoms with E-state index >= 15 is 0 Å². The Morgan fingerprint density at radius 3 is 2.65 bits per heavy atom. The van der Waals surface area contributed by atoms with Gasteiger partial charge in [0.05, 0.1) is 37.5 Å². The molecule has 1 aromatic carbocycles. The quantitative estimate of drug-likeness (QED) is 0.791. The highest BCUT2D eigenvalue weighted by Crippen LogP contribution is 2.24. The van der Waals surface area contributed by atoms with Gasteiger partial charge in [-0.2, -0.15) is 0 Å². The third-order valence-corrected chi connectivity index (χ3v) is 5.92. The molecule has 1 aromatic heterocycles. The minimum atomic E-state index is -3.64. The van der Waals surface area contributed by atoms with Gasteiger partial charge in [-0.1, -0.05) is 0 Å². The summed E-state index contributed by atoms with van der Waals surface area (Å²) < 4.78 is 44.3. The van der Waals surface area contributed by atoms with Gasteiger partial charge in [0.15, 0.2) is 0 Å². The van der Waals surface area contributed by atoms with E-state index in [-0.39, 0.29) is 17.5 Å². The summed E-state index contributed by atoms with van der Waals surface area (Å²) in [5, 5.41) is 0. The van der Waals surface area contributed by atoms with Crippen molar-refractivity contribution in [3.63, 3.8) is 0 Å². The standard InChI is InChI=1S/C18H24N2O5S/c1-14-12-15(5-6-17(14)23-2)26(21,22)19-13-16(18-4-3-9-25-18)20-7-10-24-11-8-20/h3-6,9,12,16,19H,7-8,10-11,13H2,1-2H3. The van der Waals surface area contributed by atoms with Crippen LogP contribution in [0.1, 0.15) is 17.4 Å². The topological polar surface area (TPSA) is 81.0 Å². The zero-order chi connectivity index (χ0) is 18.6. The van der Waals surface area contributed by atoms with Crippen LogP contribution in [0.3, 0.4) is 0 Å². The molecule has 0 bridgehead atoms. The summed E-state index contributed by atoms with van der Waals surface area (Å²) in [7, 11) is -2.08. The monoisotopic (exact) mass is 380 g/mol. The van der Waals surface area contributed by atoms with E-state index in [9.17, 15) is 8.42 Å². The zero-order valence-corrected chi connectivity index (χ0v) is 15.8. The third kappa shape index (κ3) is 4.27. The van der Waals surface area contributed by atoms with E-state index in [2.05, 4.69) is 9.62 Å². The van der Waals surface area contributed by atoms with Gasteiger partial charge >= 0.3 is 0 Å². The molecule has 1 aliphatic rings. The molecule has 0 saturated carbocycles. The van der Waals surface area contributed by atoms with Crippen molar-refractivity contribution >= 4 is 10.0 Å². The van der Waals surface area contributed by atoms with E-state index in [1.54, 1.807) is 31.6 Å². The van der Waals surface area contributed by atoms with Crippen LogP contribution in [0.5, 0.6) is 5.75 Å². The Kier molecular flexibility index (Phi) is 5.98. The number of sulfonamides is 1. The summed E-state index contributed by atoms with van der Waals surface area (Å²) in [6, 6.07) is 8.32. The van der Waals surface area contributed by atoms with Crippen molar-refractivity contribution in [2.75, 3.05) is 40.0 Å². The van der Waals surface area contributed by atoms with Crippen molar-refractivity contribution in [2.45, 2.75) is 17.9 Å². The van der Waals surface area contributed by atoms with Crippen LogP contribution in [0.2, 0.25) is 0 Å². The van der Waals surface area contributed by atoms with E-state index in [4.69, 9.17) is 13.9 Å². The highest BCUT2D eigenvalue weighted by atomic mass is 32.2. The molecule has 26 heavy (non-hydrogen) atoms. The first-order valence-electron chi connectivity index (χ1n) is 8.51. The molecule has 142 valence electrons. The molecule has 1 aliphatic heterocycles. The van der Waals surface area contributed by atoms with E-state index in [0.29, 0.717) is 19.0 Å². The Labute approximate surface area is 153 Å². The summed E-state index contributed by atoms with van der Waals surface area (Å²) in [6.07, 6.45) is 1.60. The van der Waals surface area contributed by atoms with Crippen LogP contribution in [0.4, 0.5) is 0 Å². The molecule has 7 nitrogen and oxygen atoms in total. The number of morpholine rings is 1. The molecule has 1 N–H and O–H groups in total. The number of methoxy groups -OCH3 is 1. The van der Waals surface area contributed by atoms with Gasteiger partial charge < -0.3 is 13.9 Å². The number of ether oxygens (including phenoxy) is 2. The van der Waals surface area contributed by atoms with Crippen LogP contribution in [-0.4, -0.2) is 53.3 Å². The number of nitrogens with one attached hydrogen (secondary N) is 1. The van der Waals surface area contributed by atoms with Crippen molar-refractivity contribution in [3.8, 4) is 5.75 Å². The third-order valence-electron chi connectivity index (χ3n) is 4.50. The van der Waals surface area contributed by atoms with Gasteiger partial charge in [0.2, 0.25) is 10.0 Å². The molecule has 1 atom stereocenters. The number of benzene rings is 1.